The molecule has 0 aliphatic carbocycles. The number of nitrogens with zero attached hydrogens (tertiary/aromatic N) is 2. The zero-order chi connectivity index (χ0) is 34.2. The van der Waals surface area contributed by atoms with Crippen LogP contribution in [0.2, 0.25) is 0 Å². The van der Waals surface area contributed by atoms with Crippen molar-refractivity contribution in [3.63, 3.8) is 0 Å². The number of hydrogen-bond acceptors (Lipinski definition) is 6. The van der Waals surface area contributed by atoms with Gasteiger partial charge in [0.2, 0.25) is 5.91 Å². The number of hydrogen-bond donors (Lipinski definition) is 3. The number of benzene rings is 4. The van der Waals surface area contributed by atoms with E-state index in [2.05, 4.69) is 16.0 Å². The second-order valence-corrected chi connectivity index (χ2v) is 12.2. The molecule has 244 valence electrons. The molecule has 0 spiro atoms. The minimum atomic E-state index is -0.530. The molecular weight excluding hydrogens is 627 g/mol. The molecule has 3 N–H and O–H groups in total. The highest BCUT2D eigenvalue weighted by molar-refractivity contribution is 8.00. The van der Waals surface area contributed by atoms with Gasteiger partial charge < -0.3 is 20.7 Å². The number of methoxy groups -OCH3 is 1. The van der Waals surface area contributed by atoms with Gasteiger partial charge in [-0.2, -0.15) is 0 Å². The number of rotatable bonds is 11. The Morgan fingerprint density at radius 3 is 2.12 bits per heavy atom. The third kappa shape index (κ3) is 7.76. The molecule has 0 saturated heterocycles. The largest absolute Gasteiger partial charge is 0.496 e. The number of amides is 3. The van der Waals surface area contributed by atoms with Crippen molar-refractivity contribution in [1.82, 2.24) is 14.7 Å². The van der Waals surface area contributed by atoms with Gasteiger partial charge in [0.05, 0.1) is 23.7 Å². The van der Waals surface area contributed by atoms with Crippen LogP contribution < -0.4 is 26.2 Å². The fourth-order valence-corrected chi connectivity index (χ4v) is 5.76. The molecule has 1 heterocycles. The summed E-state index contributed by atoms with van der Waals surface area (Å²) < 4.78 is 8.65. The third-order valence-corrected chi connectivity index (χ3v) is 8.68. The Morgan fingerprint density at radius 2 is 1.46 bits per heavy atom. The Kier molecular flexibility index (Phi) is 10.6. The summed E-state index contributed by atoms with van der Waals surface area (Å²) in [6.07, 6.45) is 1.56. The number of nitrogens with one attached hydrogen (secondary N) is 3. The van der Waals surface area contributed by atoms with Crippen LogP contribution in [0.15, 0.2) is 125 Å². The summed E-state index contributed by atoms with van der Waals surface area (Å²) in [6, 6.07) is 32.0. The quantitative estimate of drug-likeness (QED) is 0.118. The monoisotopic (exact) mass is 661 g/mol. The first kappa shape index (κ1) is 33.6. The fraction of sp³-hybridized carbons (Fsp3) is 0.135. The zero-order valence-electron chi connectivity index (χ0n) is 26.9. The van der Waals surface area contributed by atoms with Crippen molar-refractivity contribution in [3.05, 3.63) is 142 Å². The Hall–Kier alpha value is -5.81. The summed E-state index contributed by atoms with van der Waals surface area (Å²) in [5, 5.41) is 7.85. The second-order valence-electron chi connectivity index (χ2n) is 10.8. The van der Waals surface area contributed by atoms with E-state index in [0.29, 0.717) is 33.9 Å². The molecule has 1 aromatic heterocycles. The SMILES string of the molecule is COc1ccccc1/C=C(\NC(=O)c1ccccc1)C(=O)Nc1ccc(SC(C)C(=O)Nc2c(C)n(C)n(-c3ccccc3)c2=O)cc1. The Bertz CT molecular complexity index is 2020. The number of ether oxygens (including phenoxy) is 1. The number of thioether (sulfide) groups is 1. The van der Waals surface area contributed by atoms with Crippen molar-refractivity contribution in [2.45, 2.75) is 24.0 Å². The van der Waals surface area contributed by atoms with E-state index < -0.39 is 17.1 Å². The van der Waals surface area contributed by atoms with Gasteiger partial charge in [-0.25, -0.2) is 4.68 Å². The van der Waals surface area contributed by atoms with Crippen molar-refractivity contribution < 1.29 is 19.1 Å². The molecule has 48 heavy (non-hydrogen) atoms. The highest BCUT2D eigenvalue weighted by atomic mass is 32.2. The van der Waals surface area contributed by atoms with Crippen molar-refractivity contribution in [2.24, 2.45) is 7.05 Å². The van der Waals surface area contributed by atoms with Gasteiger partial charge in [-0.05, 0) is 74.5 Å². The van der Waals surface area contributed by atoms with Crippen LogP contribution in [0.1, 0.15) is 28.5 Å². The number of para-hydroxylation sites is 2. The van der Waals surface area contributed by atoms with Gasteiger partial charge in [0.15, 0.2) is 0 Å². The van der Waals surface area contributed by atoms with E-state index in [0.717, 1.165) is 4.90 Å². The van der Waals surface area contributed by atoms with E-state index in [1.165, 1.54) is 23.6 Å². The van der Waals surface area contributed by atoms with Gasteiger partial charge in [-0.15, -0.1) is 11.8 Å². The number of carbonyl (C=O) groups is 3. The lowest BCUT2D eigenvalue weighted by molar-refractivity contribution is -0.115. The minimum Gasteiger partial charge on any atom is -0.496 e. The maximum Gasteiger partial charge on any atom is 0.295 e. The summed E-state index contributed by atoms with van der Waals surface area (Å²) in [6.45, 7) is 3.54. The van der Waals surface area contributed by atoms with Gasteiger partial charge in [0.25, 0.3) is 17.4 Å². The highest BCUT2D eigenvalue weighted by Gasteiger charge is 2.22. The topological polar surface area (TPSA) is 123 Å². The van der Waals surface area contributed by atoms with Crippen LogP contribution in [0.25, 0.3) is 11.8 Å². The smallest absolute Gasteiger partial charge is 0.295 e. The Balaban J connectivity index is 1.27. The van der Waals surface area contributed by atoms with Crippen LogP contribution in [0.4, 0.5) is 11.4 Å². The molecule has 0 saturated carbocycles. The Morgan fingerprint density at radius 1 is 0.833 bits per heavy atom. The summed E-state index contributed by atoms with van der Waals surface area (Å²) >= 11 is 1.31. The summed E-state index contributed by atoms with van der Waals surface area (Å²) in [5.74, 6) is -0.738. The lowest BCUT2D eigenvalue weighted by Gasteiger charge is -2.14. The molecule has 5 aromatic rings. The molecule has 0 aliphatic rings. The van der Waals surface area contributed by atoms with Crippen LogP contribution in [0.3, 0.4) is 0 Å². The number of anilines is 2. The highest BCUT2D eigenvalue weighted by Crippen LogP contribution is 2.27. The lowest BCUT2D eigenvalue weighted by atomic mass is 10.1. The molecule has 3 amide bonds. The molecule has 0 bridgehead atoms. The van der Waals surface area contributed by atoms with Gasteiger partial charge in [0.1, 0.15) is 17.1 Å². The van der Waals surface area contributed by atoms with Gasteiger partial charge in [-0.1, -0.05) is 54.6 Å². The van der Waals surface area contributed by atoms with Crippen LogP contribution in [-0.4, -0.2) is 39.4 Å². The van der Waals surface area contributed by atoms with Gasteiger partial charge >= 0.3 is 0 Å². The van der Waals surface area contributed by atoms with E-state index in [9.17, 15) is 19.2 Å². The third-order valence-electron chi connectivity index (χ3n) is 7.56. The normalized spacial score (nSPS) is 11.8. The average molecular weight is 662 g/mol. The van der Waals surface area contributed by atoms with E-state index in [1.54, 1.807) is 98.4 Å². The summed E-state index contributed by atoms with van der Waals surface area (Å²) in [4.78, 5) is 53.6. The molecule has 10 nitrogen and oxygen atoms in total. The number of carbonyl (C=O) groups excluding carboxylic acids is 3. The Labute approximate surface area is 282 Å². The van der Waals surface area contributed by atoms with E-state index >= 15 is 0 Å². The first-order valence-electron chi connectivity index (χ1n) is 15.1. The van der Waals surface area contributed by atoms with Crippen molar-refractivity contribution in [1.29, 1.82) is 0 Å². The first-order valence-corrected chi connectivity index (χ1v) is 16.0. The maximum atomic E-state index is 13.5. The summed E-state index contributed by atoms with van der Waals surface area (Å²) in [5.41, 5.74) is 2.78. The first-order chi connectivity index (χ1) is 23.2. The van der Waals surface area contributed by atoms with Crippen molar-refractivity contribution in [2.75, 3.05) is 17.7 Å². The molecule has 5 rings (SSSR count). The maximum absolute atomic E-state index is 13.5. The van der Waals surface area contributed by atoms with E-state index in [1.807, 2.05) is 42.5 Å². The molecule has 4 aromatic carbocycles. The summed E-state index contributed by atoms with van der Waals surface area (Å²) in [7, 11) is 3.30. The molecule has 1 unspecified atom stereocenters. The van der Waals surface area contributed by atoms with Crippen LogP contribution >= 0.6 is 11.8 Å². The number of aromatic nitrogens is 2. The standard InChI is InChI=1S/C37H35N5O5S/c1-24-33(37(46)42(41(24)3)29-16-9-6-10-17-29)40-34(43)25(2)48-30-21-19-28(20-22-30)38-36(45)31(23-27-15-11-12-18-32(27)47-4)39-35(44)26-13-7-5-8-14-26/h5-23,25H,1-4H3,(H,38,45)(H,39,44)(H,40,43)/b31-23-. The van der Waals surface area contributed by atoms with Crippen molar-refractivity contribution in [3.8, 4) is 11.4 Å². The molecule has 0 aliphatic heterocycles. The van der Waals surface area contributed by atoms with Crippen molar-refractivity contribution >= 4 is 46.9 Å². The van der Waals surface area contributed by atoms with Gasteiger partial charge in [0, 0.05) is 28.8 Å². The molecule has 0 fully saturated rings. The molecular formula is C37H35N5O5S. The van der Waals surface area contributed by atoms with Gasteiger partial charge in [-0.3, -0.25) is 23.9 Å². The van der Waals surface area contributed by atoms with E-state index in [-0.39, 0.29) is 22.9 Å². The predicted molar refractivity (Wildman–Crippen MR) is 190 cm³/mol. The second kappa shape index (κ2) is 15.2. The zero-order valence-corrected chi connectivity index (χ0v) is 27.7. The van der Waals surface area contributed by atoms with E-state index in [4.69, 9.17) is 4.74 Å². The average Bonchev–Trinajstić information content (AvgIpc) is 3.32. The predicted octanol–water partition coefficient (Wildman–Crippen LogP) is 6.02. The lowest BCUT2D eigenvalue weighted by Crippen LogP contribution is -2.30. The van der Waals surface area contributed by atoms with Crippen LogP contribution in [0.5, 0.6) is 5.75 Å². The van der Waals surface area contributed by atoms with Crippen LogP contribution in [0, 0.1) is 6.92 Å². The molecule has 1 atom stereocenters. The fourth-order valence-electron chi connectivity index (χ4n) is 4.89. The molecule has 11 heteroatoms. The van der Waals surface area contributed by atoms with Crippen LogP contribution in [-0.2, 0) is 16.6 Å². The molecule has 0 radical (unpaired) electrons. The minimum absolute atomic E-state index is 0.0274.